The van der Waals surface area contributed by atoms with Crippen molar-refractivity contribution in [3.63, 3.8) is 0 Å². The zero-order chi connectivity index (χ0) is 11.7. The number of aromatic hydroxyl groups is 1. The highest BCUT2D eigenvalue weighted by atomic mass is 35.5. The van der Waals surface area contributed by atoms with Gasteiger partial charge in [0.05, 0.1) is 11.4 Å². The molecule has 0 amide bonds. The van der Waals surface area contributed by atoms with E-state index in [1.54, 1.807) is 6.07 Å². The van der Waals surface area contributed by atoms with Crippen molar-refractivity contribution in [1.29, 1.82) is 0 Å². The minimum Gasteiger partial charge on any atom is -0.506 e. The predicted octanol–water partition coefficient (Wildman–Crippen LogP) is 2.55. The number of benzene rings is 1. The van der Waals surface area contributed by atoms with E-state index < -0.39 is 5.97 Å². The fourth-order valence-corrected chi connectivity index (χ4v) is 2.54. The van der Waals surface area contributed by atoms with Crippen molar-refractivity contribution in [2.75, 3.05) is 0 Å². The van der Waals surface area contributed by atoms with Crippen LogP contribution in [0.2, 0.25) is 5.02 Å². The maximum absolute atomic E-state index is 10.6. The van der Waals surface area contributed by atoms with Gasteiger partial charge >= 0.3 is 5.97 Å². The zero-order valence-electron chi connectivity index (χ0n) is 8.79. The lowest BCUT2D eigenvalue weighted by atomic mass is 9.89. The SMILES string of the molecule is O=C(O)Cc1cc2c(c(Cl)c1O)CCCC2. The van der Waals surface area contributed by atoms with Gasteiger partial charge in [0, 0.05) is 5.56 Å². The summed E-state index contributed by atoms with van der Waals surface area (Å²) in [5, 5.41) is 18.9. The van der Waals surface area contributed by atoms with Crippen molar-refractivity contribution >= 4 is 17.6 Å². The van der Waals surface area contributed by atoms with E-state index in [2.05, 4.69) is 0 Å². The molecule has 0 aliphatic heterocycles. The van der Waals surface area contributed by atoms with Gasteiger partial charge in [-0.3, -0.25) is 4.79 Å². The molecule has 2 N–H and O–H groups in total. The number of hydrogen-bond donors (Lipinski definition) is 2. The van der Waals surface area contributed by atoms with Gasteiger partial charge in [0.15, 0.2) is 0 Å². The molecule has 4 heteroatoms. The van der Waals surface area contributed by atoms with Crippen LogP contribution in [-0.2, 0) is 24.1 Å². The van der Waals surface area contributed by atoms with Crippen molar-refractivity contribution in [1.82, 2.24) is 0 Å². The molecule has 0 aromatic heterocycles. The highest BCUT2D eigenvalue weighted by Crippen LogP contribution is 2.37. The lowest BCUT2D eigenvalue weighted by Gasteiger charge is -2.19. The van der Waals surface area contributed by atoms with Crippen molar-refractivity contribution in [2.45, 2.75) is 32.1 Å². The molecule has 0 atom stereocenters. The molecule has 1 aliphatic rings. The Balaban J connectivity index is 2.48. The minimum atomic E-state index is -0.956. The third kappa shape index (κ3) is 2.00. The number of halogens is 1. The molecule has 3 nitrogen and oxygen atoms in total. The summed E-state index contributed by atoms with van der Waals surface area (Å²) < 4.78 is 0. The average Bonchev–Trinajstić information content (AvgIpc) is 2.25. The normalized spacial score (nSPS) is 14.6. The number of aryl methyl sites for hydroxylation is 1. The van der Waals surface area contributed by atoms with Crippen molar-refractivity contribution in [3.8, 4) is 5.75 Å². The number of phenolic OH excluding ortho intramolecular Hbond substituents is 1. The lowest BCUT2D eigenvalue weighted by Crippen LogP contribution is -2.07. The molecule has 1 aliphatic carbocycles. The van der Waals surface area contributed by atoms with Gasteiger partial charge in [-0.15, -0.1) is 0 Å². The first-order valence-electron chi connectivity index (χ1n) is 5.33. The van der Waals surface area contributed by atoms with Crippen LogP contribution in [0.15, 0.2) is 6.07 Å². The number of phenols is 1. The Morgan fingerprint density at radius 2 is 2.06 bits per heavy atom. The van der Waals surface area contributed by atoms with E-state index in [1.165, 1.54) is 0 Å². The first-order valence-corrected chi connectivity index (χ1v) is 5.71. The fraction of sp³-hybridized carbons (Fsp3) is 0.417. The molecule has 0 spiro atoms. The number of carbonyl (C=O) groups is 1. The number of rotatable bonds is 2. The van der Waals surface area contributed by atoms with E-state index >= 15 is 0 Å². The zero-order valence-corrected chi connectivity index (χ0v) is 9.55. The molecular weight excluding hydrogens is 228 g/mol. The molecule has 2 rings (SSSR count). The van der Waals surface area contributed by atoms with Crippen LogP contribution in [-0.4, -0.2) is 16.2 Å². The summed E-state index contributed by atoms with van der Waals surface area (Å²) >= 11 is 6.06. The fourth-order valence-electron chi connectivity index (χ4n) is 2.20. The maximum atomic E-state index is 10.6. The topological polar surface area (TPSA) is 57.5 Å². The molecule has 1 aromatic carbocycles. The van der Waals surface area contributed by atoms with Gasteiger partial charge in [0.25, 0.3) is 0 Å². The quantitative estimate of drug-likeness (QED) is 0.835. The van der Waals surface area contributed by atoms with Crippen molar-refractivity contribution in [2.24, 2.45) is 0 Å². The Bertz CT molecular complexity index is 440. The van der Waals surface area contributed by atoms with E-state index in [9.17, 15) is 9.90 Å². The van der Waals surface area contributed by atoms with Gasteiger partial charge < -0.3 is 10.2 Å². The van der Waals surface area contributed by atoms with Crippen LogP contribution in [0, 0.1) is 0 Å². The van der Waals surface area contributed by atoms with E-state index in [1.807, 2.05) is 0 Å². The van der Waals surface area contributed by atoms with Gasteiger partial charge in [0.2, 0.25) is 0 Å². The largest absolute Gasteiger partial charge is 0.506 e. The predicted molar refractivity (Wildman–Crippen MR) is 61.1 cm³/mol. The molecule has 86 valence electrons. The second kappa shape index (κ2) is 4.34. The Labute approximate surface area is 98.7 Å². The van der Waals surface area contributed by atoms with Crippen LogP contribution in [0.1, 0.15) is 29.5 Å². The number of fused-ring (bicyclic) bond motifs is 1. The summed E-state index contributed by atoms with van der Waals surface area (Å²) in [6.07, 6.45) is 3.78. The Morgan fingerprint density at radius 3 is 2.75 bits per heavy atom. The maximum Gasteiger partial charge on any atom is 0.307 e. The molecule has 16 heavy (non-hydrogen) atoms. The number of aliphatic carboxylic acids is 1. The summed E-state index contributed by atoms with van der Waals surface area (Å²) in [6, 6.07) is 1.78. The Hall–Kier alpha value is -1.22. The van der Waals surface area contributed by atoms with Crippen molar-refractivity contribution < 1.29 is 15.0 Å². The van der Waals surface area contributed by atoms with Gasteiger partial charge in [-0.2, -0.15) is 0 Å². The summed E-state index contributed by atoms with van der Waals surface area (Å²) in [4.78, 5) is 10.6. The van der Waals surface area contributed by atoms with Crippen molar-refractivity contribution in [3.05, 3.63) is 27.8 Å². The minimum absolute atomic E-state index is 0.0651. The highest BCUT2D eigenvalue weighted by molar-refractivity contribution is 6.33. The number of hydrogen-bond acceptors (Lipinski definition) is 2. The standard InChI is InChI=1S/C12H13ClO3/c13-11-9-4-2-1-3-7(9)5-8(12(11)16)6-10(14)15/h5,16H,1-4,6H2,(H,14,15). The van der Waals surface area contributed by atoms with E-state index in [4.69, 9.17) is 16.7 Å². The molecule has 0 unspecified atom stereocenters. The summed E-state index contributed by atoms with van der Waals surface area (Å²) in [5.41, 5.74) is 2.49. The first kappa shape index (κ1) is 11.3. The molecule has 0 saturated heterocycles. The lowest BCUT2D eigenvalue weighted by molar-refractivity contribution is -0.136. The van der Waals surface area contributed by atoms with Crippen LogP contribution in [0.4, 0.5) is 0 Å². The Kier molecular flexibility index (Phi) is 3.06. The second-order valence-corrected chi connectivity index (χ2v) is 4.49. The Morgan fingerprint density at radius 1 is 1.38 bits per heavy atom. The van der Waals surface area contributed by atoms with E-state index in [-0.39, 0.29) is 12.2 Å². The summed E-state index contributed by atoms with van der Waals surface area (Å²) in [5.74, 6) is -1.02. The molecule has 0 fully saturated rings. The highest BCUT2D eigenvalue weighted by Gasteiger charge is 2.19. The monoisotopic (exact) mass is 240 g/mol. The van der Waals surface area contributed by atoms with Crippen LogP contribution in [0.3, 0.4) is 0 Å². The number of carboxylic acid groups (broad SMARTS) is 1. The molecule has 0 saturated carbocycles. The third-order valence-corrected chi connectivity index (χ3v) is 3.38. The first-order chi connectivity index (χ1) is 7.59. The summed E-state index contributed by atoms with van der Waals surface area (Å²) in [6.45, 7) is 0. The smallest absolute Gasteiger partial charge is 0.307 e. The second-order valence-electron chi connectivity index (χ2n) is 4.11. The van der Waals surface area contributed by atoms with Crippen LogP contribution < -0.4 is 0 Å². The van der Waals surface area contributed by atoms with Crippen LogP contribution in [0.5, 0.6) is 5.75 Å². The van der Waals surface area contributed by atoms with Gasteiger partial charge in [-0.05, 0) is 36.8 Å². The molecule has 1 aromatic rings. The van der Waals surface area contributed by atoms with Crippen LogP contribution >= 0.6 is 11.6 Å². The molecule has 0 bridgehead atoms. The van der Waals surface area contributed by atoms with E-state index in [0.29, 0.717) is 10.6 Å². The summed E-state index contributed by atoms with van der Waals surface area (Å²) in [7, 11) is 0. The van der Waals surface area contributed by atoms with Gasteiger partial charge in [-0.25, -0.2) is 0 Å². The van der Waals surface area contributed by atoms with Gasteiger partial charge in [0.1, 0.15) is 5.75 Å². The average molecular weight is 241 g/mol. The molecule has 0 radical (unpaired) electrons. The molecular formula is C12H13ClO3. The third-order valence-electron chi connectivity index (χ3n) is 2.98. The van der Waals surface area contributed by atoms with Gasteiger partial charge in [-0.1, -0.05) is 17.7 Å². The number of carboxylic acids is 1. The molecule has 0 heterocycles. The van der Waals surface area contributed by atoms with E-state index in [0.717, 1.165) is 36.8 Å². The van der Waals surface area contributed by atoms with Crippen LogP contribution in [0.25, 0.3) is 0 Å².